The molecular formula is C18H17FN4OS. The third kappa shape index (κ3) is 4.15. The summed E-state index contributed by atoms with van der Waals surface area (Å²) in [4.78, 5) is 21.2. The van der Waals surface area contributed by atoms with Crippen LogP contribution in [0.2, 0.25) is 0 Å². The van der Waals surface area contributed by atoms with Crippen LogP contribution < -0.4 is 5.32 Å². The normalized spacial score (nSPS) is 14.6. The summed E-state index contributed by atoms with van der Waals surface area (Å²) in [5, 5.41) is 12.2. The number of amides is 1. The fourth-order valence-electron chi connectivity index (χ4n) is 2.42. The summed E-state index contributed by atoms with van der Waals surface area (Å²) >= 11 is 1.20. The van der Waals surface area contributed by atoms with Crippen LogP contribution in [0.25, 0.3) is 0 Å². The van der Waals surface area contributed by atoms with Crippen molar-refractivity contribution in [1.29, 1.82) is 5.26 Å². The minimum atomic E-state index is -0.609. The number of hydrogen-bond acceptors (Lipinski definition) is 5. The molecule has 128 valence electrons. The van der Waals surface area contributed by atoms with E-state index >= 15 is 0 Å². The van der Waals surface area contributed by atoms with Crippen LogP contribution in [-0.2, 0) is 4.79 Å². The number of thioether (sulfide) groups is 1. The lowest BCUT2D eigenvalue weighted by atomic mass is 10.1. The minimum Gasteiger partial charge on any atom is -0.352 e. The molecule has 1 aliphatic rings. The number of halogens is 1. The zero-order chi connectivity index (χ0) is 18.0. The summed E-state index contributed by atoms with van der Waals surface area (Å²) in [5.41, 5.74) is 1.61. The molecule has 1 aromatic carbocycles. The van der Waals surface area contributed by atoms with E-state index in [0.29, 0.717) is 27.7 Å². The monoisotopic (exact) mass is 356 g/mol. The van der Waals surface area contributed by atoms with Crippen LogP contribution in [0, 0.1) is 31.0 Å². The number of aryl methyl sites for hydroxylation is 2. The molecule has 1 heterocycles. The Morgan fingerprint density at radius 1 is 1.32 bits per heavy atom. The maximum atomic E-state index is 13.3. The van der Waals surface area contributed by atoms with Crippen LogP contribution in [0.15, 0.2) is 29.3 Å². The largest absolute Gasteiger partial charge is 0.352 e. The van der Waals surface area contributed by atoms with Crippen LogP contribution >= 0.6 is 11.8 Å². The molecule has 2 aromatic rings. The van der Waals surface area contributed by atoms with Gasteiger partial charge in [0.25, 0.3) is 0 Å². The van der Waals surface area contributed by atoms with Gasteiger partial charge in [0.05, 0.1) is 5.69 Å². The van der Waals surface area contributed by atoms with Gasteiger partial charge < -0.3 is 5.32 Å². The molecule has 7 heteroatoms. The van der Waals surface area contributed by atoms with Gasteiger partial charge in [0, 0.05) is 6.04 Å². The smallest absolute Gasteiger partial charge is 0.238 e. The van der Waals surface area contributed by atoms with Gasteiger partial charge in [-0.15, -0.1) is 0 Å². The van der Waals surface area contributed by atoms with Crippen molar-refractivity contribution in [2.45, 2.75) is 43.0 Å². The molecule has 0 aliphatic heterocycles. The van der Waals surface area contributed by atoms with E-state index < -0.39 is 5.25 Å². The summed E-state index contributed by atoms with van der Waals surface area (Å²) in [6, 6.07) is 8.16. The maximum Gasteiger partial charge on any atom is 0.238 e. The summed E-state index contributed by atoms with van der Waals surface area (Å²) in [5.74, 6) is 0.0258. The van der Waals surface area contributed by atoms with Gasteiger partial charge in [0.1, 0.15) is 33.6 Å². The number of carbonyl (C=O) groups is 1. The number of nitrogens with zero attached hydrogens (tertiary/aromatic N) is 3. The van der Waals surface area contributed by atoms with E-state index in [2.05, 4.69) is 21.4 Å². The van der Waals surface area contributed by atoms with Gasteiger partial charge in [0.15, 0.2) is 0 Å². The molecule has 3 rings (SSSR count). The van der Waals surface area contributed by atoms with Gasteiger partial charge in [-0.3, -0.25) is 4.79 Å². The Morgan fingerprint density at radius 2 is 2.00 bits per heavy atom. The lowest BCUT2D eigenvalue weighted by Crippen LogP contribution is -2.29. The Labute approximate surface area is 149 Å². The summed E-state index contributed by atoms with van der Waals surface area (Å²) < 4.78 is 13.3. The van der Waals surface area contributed by atoms with Gasteiger partial charge in [-0.25, -0.2) is 14.4 Å². The Kier molecular flexibility index (Phi) is 5.00. The number of nitrogens with one attached hydrogen (secondary N) is 1. The average Bonchev–Trinajstić information content (AvgIpc) is 3.37. The summed E-state index contributed by atoms with van der Waals surface area (Å²) in [6.45, 7) is 3.49. The van der Waals surface area contributed by atoms with Gasteiger partial charge >= 0.3 is 0 Å². The highest BCUT2D eigenvalue weighted by atomic mass is 32.2. The van der Waals surface area contributed by atoms with E-state index in [1.54, 1.807) is 26.0 Å². The number of rotatable bonds is 5. The van der Waals surface area contributed by atoms with E-state index in [1.807, 2.05) is 0 Å². The fraction of sp³-hybridized carbons (Fsp3) is 0.333. The first kappa shape index (κ1) is 17.4. The molecule has 25 heavy (non-hydrogen) atoms. The van der Waals surface area contributed by atoms with Crippen molar-refractivity contribution in [3.05, 3.63) is 52.7 Å². The lowest BCUT2D eigenvalue weighted by Gasteiger charge is -2.17. The van der Waals surface area contributed by atoms with Crippen molar-refractivity contribution in [2.24, 2.45) is 0 Å². The van der Waals surface area contributed by atoms with E-state index in [1.165, 1.54) is 23.9 Å². The van der Waals surface area contributed by atoms with Crippen molar-refractivity contribution in [1.82, 2.24) is 15.3 Å². The van der Waals surface area contributed by atoms with Gasteiger partial charge in [-0.05, 0) is 44.4 Å². The second-order valence-electron chi connectivity index (χ2n) is 5.98. The summed E-state index contributed by atoms with van der Waals surface area (Å²) in [6.07, 6.45) is 1.95. The lowest BCUT2D eigenvalue weighted by molar-refractivity contribution is -0.120. The van der Waals surface area contributed by atoms with Crippen molar-refractivity contribution in [2.75, 3.05) is 0 Å². The molecule has 1 atom stereocenters. The molecule has 0 radical (unpaired) electrons. The number of aromatic nitrogens is 2. The SMILES string of the molecule is Cc1nc(C)c(C#N)c(SC(C(=O)NC2CC2)c2ccc(F)cc2)n1. The van der Waals surface area contributed by atoms with Gasteiger partial charge in [-0.1, -0.05) is 23.9 Å². The zero-order valence-corrected chi connectivity index (χ0v) is 14.7. The van der Waals surface area contributed by atoms with Crippen molar-refractivity contribution < 1.29 is 9.18 Å². The Balaban J connectivity index is 1.96. The van der Waals surface area contributed by atoms with E-state index in [4.69, 9.17) is 0 Å². The third-order valence-corrected chi connectivity index (χ3v) is 5.09. The Bertz CT molecular complexity index is 843. The first-order chi connectivity index (χ1) is 12.0. The molecule has 0 saturated heterocycles. The predicted octanol–water partition coefficient (Wildman–Crippen LogP) is 3.22. The molecule has 1 saturated carbocycles. The van der Waals surface area contributed by atoms with Crippen LogP contribution in [0.5, 0.6) is 0 Å². The number of nitriles is 1. The number of carbonyl (C=O) groups excluding carboxylic acids is 1. The number of benzene rings is 1. The average molecular weight is 356 g/mol. The second-order valence-corrected chi connectivity index (χ2v) is 7.07. The quantitative estimate of drug-likeness (QED) is 0.657. The van der Waals surface area contributed by atoms with Crippen molar-refractivity contribution >= 4 is 17.7 Å². The third-order valence-electron chi connectivity index (χ3n) is 3.84. The van der Waals surface area contributed by atoms with Crippen molar-refractivity contribution in [3.63, 3.8) is 0 Å². The van der Waals surface area contributed by atoms with Crippen LogP contribution in [0.1, 0.15) is 40.7 Å². The molecule has 0 spiro atoms. The Morgan fingerprint density at radius 3 is 2.60 bits per heavy atom. The Hall–Kier alpha value is -2.46. The van der Waals surface area contributed by atoms with E-state index in [9.17, 15) is 14.4 Å². The van der Waals surface area contributed by atoms with E-state index in [0.717, 1.165) is 12.8 Å². The number of hydrogen-bond donors (Lipinski definition) is 1. The summed E-state index contributed by atoms with van der Waals surface area (Å²) in [7, 11) is 0. The molecule has 1 amide bonds. The zero-order valence-electron chi connectivity index (χ0n) is 13.9. The standard InChI is InChI=1S/C18H17FN4OS/c1-10-15(9-20)18(22-11(2)21-10)25-16(17(24)23-14-7-8-14)12-3-5-13(19)6-4-12/h3-6,14,16H,7-8H2,1-2H3,(H,23,24). The van der Waals surface area contributed by atoms with Gasteiger partial charge in [-0.2, -0.15) is 5.26 Å². The first-order valence-electron chi connectivity index (χ1n) is 7.95. The maximum absolute atomic E-state index is 13.3. The van der Waals surface area contributed by atoms with E-state index in [-0.39, 0.29) is 17.8 Å². The molecule has 1 unspecified atom stereocenters. The molecule has 1 N–H and O–H groups in total. The topological polar surface area (TPSA) is 78.7 Å². The minimum absolute atomic E-state index is 0.156. The fourth-order valence-corrected chi connectivity index (χ4v) is 3.61. The highest BCUT2D eigenvalue weighted by Crippen LogP contribution is 2.37. The first-order valence-corrected chi connectivity index (χ1v) is 8.83. The highest BCUT2D eigenvalue weighted by Gasteiger charge is 2.30. The molecule has 1 fully saturated rings. The molecule has 1 aromatic heterocycles. The van der Waals surface area contributed by atoms with Crippen LogP contribution in [0.3, 0.4) is 0 Å². The van der Waals surface area contributed by atoms with Crippen LogP contribution in [-0.4, -0.2) is 21.9 Å². The van der Waals surface area contributed by atoms with Crippen molar-refractivity contribution in [3.8, 4) is 6.07 Å². The van der Waals surface area contributed by atoms with Gasteiger partial charge in [0.2, 0.25) is 5.91 Å². The molecular weight excluding hydrogens is 339 g/mol. The molecule has 0 bridgehead atoms. The molecule has 5 nitrogen and oxygen atoms in total. The predicted molar refractivity (Wildman–Crippen MR) is 92.4 cm³/mol. The van der Waals surface area contributed by atoms with Crippen LogP contribution in [0.4, 0.5) is 4.39 Å². The highest BCUT2D eigenvalue weighted by molar-refractivity contribution is 8.00. The second kappa shape index (κ2) is 7.19. The molecule has 1 aliphatic carbocycles.